The van der Waals surface area contributed by atoms with Crippen molar-refractivity contribution in [2.24, 2.45) is 0 Å². The van der Waals surface area contributed by atoms with Crippen LogP contribution in [0.2, 0.25) is 0 Å². The number of halogens is 1. The molecule has 2 amide bonds. The molecule has 1 heterocycles. The third kappa shape index (κ3) is 2.96. The summed E-state index contributed by atoms with van der Waals surface area (Å²) in [6.07, 6.45) is 0. The van der Waals surface area contributed by atoms with Gasteiger partial charge in [-0.2, -0.15) is 0 Å². The zero-order valence-corrected chi connectivity index (χ0v) is 11.6. The molecule has 108 valence electrons. The summed E-state index contributed by atoms with van der Waals surface area (Å²) < 4.78 is 12.9. The molecule has 6 heteroatoms. The van der Waals surface area contributed by atoms with E-state index in [2.05, 4.69) is 5.32 Å². The van der Waals surface area contributed by atoms with Crippen molar-refractivity contribution in [3.8, 4) is 0 Å². The SMILES string of the molecule is CNC(=O)[C@H]1CN(C(=O)c2ccc(F)cc2)CCN1C. The molecule has 1 atom stereocenters. The van der Waals surface area contributed by atoms with Crippen LogP contribution in [-0.2, 0) is 4.79 Å². The van der Waals surface area contributed by atoms with Crippen molar-refractivity contribution in [1.29, 1.82) is 0 Å². The second kappa shape index (κ2) is 6.00. The molecule has 5 nitrogen and oxygen atoms in total. The molecule has 0 bridgehead atoms. The summed E-state index contributed by atoms with van der Waals surface area (Å²) in [5.74, 6) is -0.653. The highest BCUT2D eigenvalue weighted by atomic mass is 19.1. The molecule has 1 N–H and O–H groups in total. The maximum absolute atomic E-state index is 12.9. The zero-order valence-electron chi connectivity index (χ0n) is 11.6. The number of benzene rings is 1. The largest absolute Gasteiger partial charge is 0.358 e. The van der Waals surface area contributed by atoms with Gasteiger partial charge in [0.15, 0.2) is 0 Å². The third-order valence-corrected chi connectivity index (χ3v) is 3.58. The van der Waals surface area contributed by atoms with Crippen LogP contribution in [0.5, 0.6) is 0 Å². The van der Waals surface area contributed by atoms with Crippen LogP contribution in [0, 0.1) is 5.82 Å². The Labute approximate surface area is 117 Å². The summed E-state index contributed by atoms with van der Waals surface area (Å²) in [6, 6.07) is 5.10. The van der Waals surface area contributed by atoms with Gasteiger partial charge in [0.2, 0.25) is 5.91 Å². The number of likely N-dealkylation sites (N-methyl/N-ethyl adjacent to an activating group) is 2. The van der Waals surface area contributed by atoms with Gasteiger partial charge in [0.05, 0.1) is 0 Å². The van der Waals surface area contributed by atoms with E-state index in [4.69, 9.17) is 0 Å². The van der Waals surface area contributed by atoms with Gasteiger partial charge < -0.3 is 10.2 Å². The van der Waals surface area contributed by atoms with Gasteiger partial charge in [0.1, 0.15) is 11.9 Å². The normalized spacial score (nSPS) is 19.8. The van der Waals surface area contributed by atoms with Crippen molar-refractivity contribution < 1.29 is 14.0 Å². The lowest BCUT2D eigenvalue weighted by atomic mass is 10.1. The zero-order chi connectivity index (χ0) is 14.7. The summed E-state index contributed by atoms with van der Waals surface area (Å²) in [6.45, 7) is 1.53. The van der Waals surface area contributed by atoms with Gasteiger partial charge in [0, 0.05) is 32.2 Å². The minimum Gasteiger partial charge on any atom is -0.358 e. The minimum atomic E-state index is -0.372. The number of carbonyl (C=O) groups is 2. The van der Waals surface area contributed by atoms with E-state index in [0.717, 1.165) is 0 Å². The van der Waals surface area contributed by atoms with Gasteiger partial charge in [0.25, 0.3) is 5.91 Å². The number of hydrogen-bond donors (Lipinski definition) is 1. The monoisotopic (exact) mass is 279 g/mol. The first-order valence-corrected chi connectivity index (χ1v) is 6.49. The highest BCUT2D eigenvalue weighted by Gasteiger charge is 2.31. The van der Waals surface area contributed by atoms with Crippen LogP contribution in [-0.4, -0.2) is 61.4 Å². The molecular weight excluding hydrogens is 261 g/mol. The predicted octanol–water partition coefficient (Wildman–Crippen LogP) is 0.328. The van der Waals surface area contributed by atoms with E-state index in [1.807, 2.05) is 11.9 Å². The van der Waals surface area contributed by atoms with Crippen LogP contribution < -0.4 is 5.32 Å². The lowest BCUT2D eigenvalue weighted by Gasteiger charge is -2.38. The van der Waals surface area contributed by atoms with Gasteiger partial charge in [-0.15, -0.1) is 0 Å². The van der Waals surface area contributed by atoms with E-state index in [1.165, 1.54) is 24.3 Å². The maximum atomic E-state index is 12.9. The Morgan fingerprint density at radius 2 is 1.90 bits per heavy atom. The fourth-order valence-electron chi connectivity index (χ4n) is 2.28. The third-order valence-electron chi connectivity index (χ3n) is 3.58. The molecule has 1 aromatic carbocycles. The average molecular weight is 279 g/mol. The first-order valence-electron chi connectivity index (χ1n) is 6.49. The summed E-state index contributed by atoms with van der Waals surface area (Å²) in [7, 11) is 3.44. The number of nitrogens with zero attached hydrogens (tertiary/aromatic N) is 2. The Hall–Kier alpha value is -1.95. The van der Waals surface area contributed by atoms with Crippen molar-refractivity contribution in [2.45, 2.75) is 6.04 Å². The Kier molecular flexibility index (Phi) is 4.34. The highest BCUT2D eigenvalue weighted by Crippen LogP contribution is 2.13. The maximum Gasteiger partial charge on any atom is 0.253 e. The van der Waals surface area contributed by atoms with E-state index >= 15 is 0 Å². The fraction of sp³-hybridized carbons (Fsp3) is 0.429. The molecule has 20 heavy (non-hydrogen) atoms. The Morgan fingerprint density at radius 3 is 2.50 bits per heavy atom. The lowest BCUT2D eigenvalue weighted by Crippen LogP contribution is -2.58. The quantitative estimate of drug-likeness (QED) is 0.849. The van der Waals surface area contributed by atoms with E-state index < -0.39 is 0 Å². The van der Waals surface area contributed by atoms with E-state index in [0.29, 0.717) is 25.2 Å². The Morgan fingerprint density at radius 1 is 1.25 bits per heavy atom. The number of nitrogens with one attached hydrogen (secondary N) is 1. The average Bonchev–Trinajstić information content (AvgIpc) is 2.47. The van der Waals surface area contributed by atoms with Crippen LogP contribution in [0.1, 0.15) is 10.4 Å². The van der Waals surface area contributed by atoms with Crippen LogP contribution in [0.4, 0.5) is 4.39 Å². The molecule has 1 fully saturated rings. The molecule has 0 aliphatic carbocycles. The molecule has 0 radical (unpaired) electrons. The molecule has 0 saturated carbocycles. The van der Waals surface area contributed by atoms with Crippen molar-refractivity contribution in [3.05, 3.63) is 35.6 Å². The molecule has 2 rings (SSSR count). The van der Waals surface area contributed by atoms with Crippen molar-refractivity contribution in [1.82, 2.24) is 15.1 Å². The van der Waals surface area contributed by atoms with Crippen LogP contribution in [0.15, 0.2) is 24.3 Å². The highest BCUT2D eigenvalue weighted by molar-refractivity contribution is 5.95. The lowest BCUT2D eigenvalue weighted by molar-refractivity contribution is -0.127. The second-order valence-corrected chi connectivity index (χ2v) is 4.87. The van der Waals surface area contributed by atoms with E-state index in [-0.39, 0.29) is 23.7 Å². The van der Waals surface area contributed by atoms with Crippen LogP contribution in [0.3, 0.4) is 0 Å². The standard InChI is InChI=1S/C14H18FN3O2/c1-16-13(19)12-9-18(8-7-17(12)2)14(20)10-3-5-11(15)6-4-10/h3-6,12H,7-9H2,1-2H3,(H,16,19)/t12-/m1/s1. The summed E-state index contributed by atoms with van der Waals surface area (Å²) in [5.41, 5.74) is 0.437. The molecular formula is C14H18FN3O2. The van der Waals surface area contributed by atoms with Crippen molar-refractivity contribution in [2.75, 3.05) is 33.7 Å². The van der Waals surface area contributed by atoms with E-state index in [1.54, 1.807) is 11.9 Å². The van der Waals surface area contributed by atoms with Crippen LogP contribution in [0.25, 0.3) is 0 Å². The van der Waals surface area contributed by atoms with E-state index in [9.17, 15) is 14.0 Å². The Bertz CT molecular complexity index is 504. The molecule has 0 aromatic heterocycles. The predicted molar refractivity (Wildman–Crippen MR) is 72.8 cm³/mol. The van der Waals surface area contributed by atoms with Gasteiger partial charge >= 0.3 is 0 Å². The minimum absolute atomic E-state index is 0.107. The first kappa shape index (κ1) is 14.5. The molecule has 1 saturated heterocycles. The number of hydrogen-bond acceptors (Lipinski definition) is 3. The molecule has 1 aromatic rings. The molecule has 0 unspecified atom stereocenters. The van der Waals surface area contributed by atoms with Gasteiger partial charge in [-0.25, -0.2) is 4.39 Å². The summed E-state index contributed by atoms with van der Waals surface area (Å²) >= 11 is 0. The first-order chi connectivity index (χ1) is 9.52. The summed E-state index contributed by atoms with van der Waals surface area (Å²) in [4.78, 5) is 27.7. The van der Waals surface area contributed by atoms with Gasteiger partial charge in [-0.1, -0.05) is 0 Å². The van der Waals surface area contributed by atoms with Gasteiger partial charge in [-0.3, -0.25) is 14.5 Å². The smallest absolute Gasteiger partial charge is 0.253 e. The second-order valence-electron chi connectivity index (χ2n) is 4.87. The number of piperazine rings is 1. The Balaban J connectivity index is 2.11. The fourth-order valence-corrected chi connectivity index (χ4v) is 2.28. The number of amides is 2. The van der Waals surface area contributed by atoms with Crippen LogP contribution >= 0.6 is 0 Å². The molecule has 0 spiro atoms. The number of rotatable bonds is 2. The number of carbonyl (C=O) groups excluding carboxylic acids is 2. The van der Waals surface area contributed by atoms with Crippen molar-refractivity contribution >= 4 is 11.8 Å². The summed E-state index contributed by atoms with van der Waals surface area (Å²) in [5, 5.41) is 2.60. The molecule has 1 aliphatic heterocycles. The topological polar surface area (TPSA) is 52.7 Å². The molecule has 1 aliphatic rings. The van der Waals surface area contributed by atoms with Crippen molar-refractivity contribution in [3.63, 3.8) is 0 Å². The van der Waals surface area contributed by atoms with Gasteiger partial charge in [-0.05, 0) is 31.3 Å².